The monoisotopic (exact) mass is 202 g/mol. The van der Waals surface area contributed by atoms with Gasteiger partial charge in [-0.2, -0.15) is 0 Å². The molecule has 0 aliphatic carbocycles. The van der Waals surface area contributed by atoms with Gasteiger partial charge in [-0.15, -0.1) is 0 Å². The van der Waals surface area contributed by atoms with Gasteiger partial charge in [0, 0.05) is 19.1 Å². The van der Waals surface area contributed by atoms with Gasteiger partial charge in [0.05, 0.1) is 6.54 Å². The second-order valence-corrected chi connectivity index (χ2v) is 3.33. The summed E-state index contributed by atoms with van der Waals surface area (Å²) in [6.45, 7) is 3.70. The summed E-state index contributed by atoms with van der Waals surface area (Å²) in [5.74, 6) is -0.407. The first-order valence-electron chi connectivity index (χ1n) is 4.73. The average molecular weight is 202 g/mol. The van der Waals surface area contributed by atoms with Crippen molar-refractivity contribution in [1.29, 1.82) is 0 Å². The van der Waals surface area contributed by atoms with Crippen LogP contribution in [0.15, 0.2) is 0 Å². The number of carbonyl (C=O) groups excluding carboxylic acids is 2. The van der Waals surface area contributed by atoms with Crippen LogP contribution < -0.4 is 10.6 Å². The fraction of sp³-hybridized carbons (Fsp3) is 0.778. The van der Waals surface area contributed by atoms with Gasteiger partial charge in [-0.1, -0.05) is 0 Å². The molecule has 0 fully saturated rings. The van der Waals surface area contributed by atoms with Crippen molar-refractivity contribution in [1.82, 2.24) is 10.6 Å². The van der Waals surface area contributed by atoms with E-state index in [4.69, 9.17) is 5.11 Å². The van der Waals surface area contributed by atoms with Gasteiger partial charge in [0.1, 0.15) is 0 Å². The van der Waals surface area contributed by atoms with Crippen LogP contribution in [0.25, 0.3) is 0 Å². The lowest BCUT2D eigenvalue weighted by Crippen LogP contribution is -2.39. The van der Waals surface area contributed by atoms with Crippen molar-refractivity contribution in [2.45, 2.75) is 32.7 Å². The zero-order valence-electron chi connectivity index (χ0n) is 8.67. The second-order valence-electron chi connectivity index (χ2n) is 3.33. The molecule has 0 radical (unpaired) electrons. The first-order valence-corrected chi connectivity index (χ1v) is 4.73. The highest BCUT2D eigenvalue weighted by atomic mass is 16.3. The minimum absolute atomic E-state index is 0.00242. The zero-order chi connectivity index (χ0) is 11.0. The van der Waals surface area contributed by atoms with Gasteiger partial charge in [0.2, 0.25) is 11.8 Å². The predicted molar refractivity (Wildman–Crippen MR) is 52.6 cm³/mol. The van der Waals surface area contributed by atoms with E-state index < -0.39 is 0 Å². The van der Waals surface area contributed by atoms with E-state index in [1.54, 1.807) is 0 Å². The van der Waals surface area contributed by atoms with Gasteiger partial charge in [-0.3, -0.25) is 9.59 Å². The van der Waals surface area contributed by atoms with E-state index in [0.717, 1.165) is 0 Å². The summed E-state index contributed by atoms with van der Waals surface area (Å²) in [5.41, 5.74) is 0. The van der Waals surface area contributed by atoms with E-state index in [0.29, 0.717) is 6.42 Å². The third kappa shape index (κ3) is 7.54. The fourth-order valence-corrected chi connectivity index (χ4v) is 0.880. The van der Waals surface area contributed by atoms with Crippen molar-refractivity contribution < 1.29 is 14.7 Å². The van der Waals surface area contributed by atoms with E-state index in [9.17, 15) is 9.59 Å². The Morgan fingerprint density at radius 1 is 1.29 bits per heavy atom. The van der Waals surface area contributed by atoms with Crippen molar-refractivity contribution >= 4 is 11.8 Å². The Labute approximate surface area is 83.9 Å². The molecule has 0 atom stereocenters. The lowest BCUT2D eigenvalue weighted by atomic mass is 10.3. The van der Waals surface area contributed by atoms with Gasteiger partial charge in [-0.25, -0.2) is 0 Å². The third-order valence-electron chi connectivity index (χ3n) is 1.46. The molecule has 0 aliphatic heterocycles. The minimum Gasteiger partial charge on any atom is -0.396 e. The molecule has 0 unspecified atom stereocenters. The summed E-state index contributed by atoms with van der Waals surface area (Å²) < 4.78 is 0. The molecule has 82 valence electrons. The fourth-order valence-electron chi connectivity index (χ4n) is 0.880. The van der Waals surface area contributed by atoms with Gasteiger partial charge in [-0.05, 0) is 20.3 Å². The molecule has 0 aromatic rings. The Morgan fingerprint density at radius 3 is 2.43 bits per heavy atom. The van der Waals surface area contributed by atoms with Crippen molar-refractivity contribution in [3.05, 3.63) is 0 Å². The summed E-state index contributed by atoms with van der Waals surface area (Å²) in [7, 11) is 0. The van der Waals surface area contributed by atoms with E-state index in [1.807, 2.05) is 13.8 Å². The highest BCUT2D eigenvalue weighted by Gasteiger charge is 2.05. The molecule has 14 heavy (non-hydrogen) atoms. The van der Waals surface area contributed by atoms with Crippen LogP contribution in [-0.2, 0) is 9.59 Å². The normalized spacial score (nSPS) is 10.0. The summed E-state index contributed by atoms with van der Waals surface area (Å²) in [6, 6.07) is 0.0804. The van der Waals surface area contributed by atoms with Gasteiger partial charge < -0.3 is 15.7 Å². The van der Waals surface area contributed by atoms with Gasteiger partial charge in [0.15, 0.2) is 0 Å². The molecule has 0 saturated heterocycles. The summed E-state index contributed by atoms with van der Waals surface area (Å²) >= 11 is 0. The van der Waals surface area contributed by atoms with Crippen LogP contribution in [-0.4, -0.2) is 36.1 Å². The SMILES string of the molecule is CC(C)NC(=O)CNC(=O)CCCO. The van der Waals surface area contributed by atoms with E-state index in [-0.39, 0.29) is 37.4 Å². The molecular formula is C9H18N2O3. The maximum absolute atomic E-state index is 11.1. The lowest BCUT2D eigenvalue weighted by molar-refractivity contribution is -0.126. The summed E-state index contributed by atoms with van der Waals surface area (Å²) in [4.78, 5) is 22.0. The zero-order valence-corrected chi connectivity index (χ0v) is 8.67. The highest BCUT2D eigenvalue weighted by molar-refractivity contribution is 5.84. The van der Waals surface area contributed by atoms with Crippen molar-refractivity contribution in [2.75, 3.05) is 13.2 Å². The molecular weight excluding hydrogens is 184 g/mol. The largest absolute Gasteiger partial charge is 0.396 e. The van der Waals surface area contributed by atoms with Crippen LogP contribution in [0.4, 0.5) is 0 Å². The van der Waals surface area contributed by atoms with Crippen molar-refractivity contribution in [3.63, 3.8) is 0 Å². The van der Waals surface area contributed by atoms with Crippen molar-refractivity contribution in [2.24, 2.45) is 0 Å². The number of nitrogens with one attached hydrogen (secondary N) is 2. The summed E-state index contributed by atoms with van der Waals surface area (Å²) in [6.07, 6.45) is 0.684. The van der Waals surface area contributed by atoms with Crippen LogP contribution in [0.3, 0.4) is 0 Å². The molecule has 0 saturated carbocycles. The number of aliphatic hydroxyl groups is 1. The Hall–Kier alpha value is -1.10. The van der Waals surface area contributed by atoms with E-state index >= 15 is 0 Å². The first-order chi connectivity index (χ1) is 6.56. The Balaban J connectivity index is 3.51. The molecule has 0 rings (SSSR count). The van der Waals surface area contributed by atoms with Crippen LogP contribution >= 0.6 is 0 Å². The molecule has 0 aliphatic rings. The molecule has 0 spiro atoms. The van der Waals surface area contributed by atoms with Crippen LogP contribution in [0, 0.1) is 0 Å². The Morgan fingerprint density at radius 2 is 1.93 bits per heavy atom. The molecule has 2 amide bonds. The van der Waals surface area contributed by atoms with E-state index in [1.165, 1.54) is 0 Å². The number of hydrogen-bond acceptors (Lipinski definition) is 3. The van der Waals surface area contributed by atoms with Crippen LogP contribution in [0.1, 0.15) is 26.7 Å². The predicted octanol–water partition coefficient (Wildman–Crippen LogP) is -0.600. The van der Waals surface area contributed by atoms with Crippen molar-refractivity contribution in [3.8, 4) is 0 Å². The number of aliphatic hydroxyl groups excluding tert-OH is 1. The first kappa shape index (κ1) is 12.9. The molecule has 3 N–H and O–H groups in total. The molecule has 0 aromatic heterocycles. The molecule has 5 nitrogen and oxygen atoms in total. The smallest absolute Gasteiger partial charge is 0.239 e. The maximum Gasteiger partial charge on any atom is 0.239 e. The standard InChI is InChI=1S/C9H18N2O3/c1-7(2)11-9(14)6-10-8(13)4-3-5-12/h7,12H,3-6H2,1-2H3,(H,10,13)(H,11,14). The highest BCUT2D eigenvalue weighted by Crippen LogP contribution is 1.85. The molecule has 0 aromatic carbocycles. The second kappa shape index (κ2) is 7.32. The number of rotatable bonds is 6. The van der Waals surface area contributed by atoms with Crippen LogP contribution in [0.2, 0.25) is 0 Å². The Kier molecular flexibility index (Phi) is 6.74. The number of amides is 2. The average Bonchev–Trinajstić information content (AvgIpc) is 2.10. The van der Waals surface area contributed by atoms with Gasteiger partial charge in [0.25, 0.3) is 0 Å². The topological polar surface area (TPSA) is 78.4 Å². The molecule has 0 bridgehead atoms. The lowest BCUT2D eigenvalue weighted by Gasteiger charge is -2.08. The summed E-state index contributed by atoms with van der Waals surface area (Å²) in [5, 5.41) is 13.6. The Bertz CT molecular complexity index is 192. The minimum atomic E-state index is -0.210. The van der Waals surface area contributed by atoms with E-state index in [2.05, 4.69) is 10.6 Å². The van der Waals surface area contributed by atoms with Crippen LogP contribution in [0.5, 0.6) is 0 Å². The maximum atomic E-state index is 11.1. The quantitative estimate of drug-likeness (QED) is 0.538. The number of carbonyl (C=O) groups is 2. The molecule has 0 heterocycles. The van der Waals surface area contributed by atoms with Gasteiger partial charge >= 0.3 is 0 Å². The molecule has 5 heteroatoms. The number of hydrogen-bond donors (Lipinski definition) is 3. The third-order valence-corrected chi connectivity index (χ3v) is 1.46.